The third-order valence-corrected chi connectivity index (χ3v) is 9.00. The molecule has 0 radical (unpaired) electrons. The molecule has 3 unspecified atom stereocenters. The van der Waals surface area contributed by atoms with E-state index in [0.717, 1.165) is 11.1 Å². The molecule has 0 saturated carbocycles. The van der Waals surface area contributed by atoms with Crippen LogP contribution in [-0.4, -0.2) is 88.1 Å². The minimum absolute atomic E-state index is 0.0804. The summed E-state index contributed by atoms with van der Waals surface area (Å²) >= 11 is 12.5. The van der Waals surface area contributed by atoms with Gasteiger partial charge in [0.2, 0.25) is 0 Å². The number of urea groups is 1. The summed E-state index contributed by atoms with van der Waals surface area (Å²) in [6.07, 6.45) is 1.62. The molecule has 0 aliphatic carbocycles. The smallest absolute Gasteiger partial charge is 0.326 e. The van der Waals surface area contributed by atoms with Crippen LogP contribution < -0.4 is 4.74 Å². The number of ether oxygens (including phenoxy) is 1. The molecule has 0 bridgehead atoms. The van der Waals surface area contributed by atoms with Crippen LogP contribution in [0.15, 0.2) is 76.6 Å². The van der Waals surface area contributed by atoms with Crippen molar-refractivity contribution in [2.45, 2.75) is 23.9 Å². The van der Waals surface area contributed by atoms with Gasteiger partial charge in [0.1, 0.15) is 17.6 Å². The summed E-state index contributed by atoms with van der Waals surface area (Å²) in [6, 6.07) is 19.3. The predicted octanol–water partition coefficient (Wildman–Crippen LogP) is 5.40. The van der Waals surface area contributed by atoms with E-state index in [4.69, 9.17) is 32.9 Å². The van der Waals surface area contributed by atoms with Crippen molar-refractivity contribution in [1.82, 2.24) is 14.7 Å². The molecule has 3 atom stereocenters. The fourth-order valence-corrected chi connectivity index (χ4v) is 6.24. The van der Waals surface area contributed by atoms with E-state index in [0.29, 0.717) is 71.4 Å². The van der Waals surface area contributed by atoms with Crippen LogP contribution in [0.4, 0.5) is 4.79 Å². The second-order valence-corrected chi connectivity index (χ2v) is 12.4. The minimum Gasteiger partial charge on any atom is -0.493 e. The van der Waals surface area contributed by atoms with E-state index in [1.807, 2.05) is 66.4 Å². The Morgan fingerprint density at radius 1 is 0.976 bits per heavy atom. The van der Waals surface area contributed by atoms with Crippen LogP contribution in [0.3, 0.4) is 0 Å². The molecule has 0 aromatic heterocycles. The lowest BCUT2D eigenvalue weighted by Gasteiger charge is -2.39. The predicted molar refractivity (Wildman–Crippen MR) is 167 cm³/mol. The zero-order chi connectivity index (χ0) is 29.8. The van der Waals surface area contributed by atoms with E-state index in [1.54, 1.807) is 23.3 Å². The third-order valence-electron chi connectivity index (χ3n) is 7.58. The number of amides is 2. The first kappa shape index (κ1) is 30.5. The molecule has 2 aliphatic rings. The number of aliphatic hydroxyl groups excluding tert-OH is 1. The van der Waals surface area contributed by atoms with Gasteiger partial charge in [-0.15, -0.1) is 0 Å². The van der Waals surface area contributed by atoms with Crippen LogP contribution in [-0.2, 0) is 10.8 Å². The van der Waals surface area contributed by atoms with Crippen LogP contribution in [0.5, 0.6) is 5.75 Å². The standard InChI is InChI=1S/C31H34Cl2N4O4S/c1-3-41-27-20-25(42(2)40)12-13-26(27)30-34-28(21-4-8-23(32)9-5-21)29(22-6-10-24(33)11-7-22)37(30)31(39)36-16-14-35(15-17-36)18-19-38/h4-13,20,28-29,38H,3,14-19H2,1-2H3. The zero-order valence-corrected chi connectivity index (χ0v) is 25.9. The number of nitrogens with zero attached hydrogens (tertiary/aromatic N) is 4. The maximum atomic E-state index is 14.5. The molecule has 42 heavy (non-hydrogen) atoms. The highest BCUT2D eigenvalue weighted by molar-refractivity contribution is 7.84. The van der Waals surface area contributed by atoms with E-state index < -0.39 is 22.9 Å². The van der Waals surface area contributed by atoms with Crippen LogP contribution in [0.25, 0.3) is 0 Å². The molecule has 1 N–H and O–H groups in total. The molecule has 222 valence electrons. The molecule has 1 fully saturated rings. The fourth-order valence-electron chi connectivity index (χ4n) is 5.45. The van der Waals surface area contributed by atoms with Gasteiger partial charge < -0.3 is 14.7 Å². The summed E-state index contributed by atoms with van der Waals surface area (Å²) < 4.78 is 18.4. The monoisotopic (exact) mass is 628 g/mol. The number of hydrogen-bond donors (Lipinski definition) is 1. The van der Waals surface area contributed by atoms with E-state index in [9.17, 15) is 14.1 Å². The first-order chi connectivity index (χ1) is 20.3. The van der Waals surface area contributed by atoms with Gasteiger partial charge in [-0.2, -0.15) is 0 Å². The molecule has 8 nitrogen and oxygen atoms in total. The lowest BCUT2D eigenvalue weighted by Crippen LogP contribution is -2.54. The second kappa shape index (κ2) is 13.6. The number of piperazine rings is 1. The van der Waals surface area contributed by atoms with Gasteiger partial charge in [-0.3, -0.25) is 19.0 Å². The van der Waals surface area contributed by atoms with Gasteiger partial charge in [0.15, 0.2) is 0 Å². The third kappa shape index (κ3) is 6.50. The minimum atomic E-state index is -1.21. The Bertz CT molecular complexity index is 1460. The summed E-state index contributed by atoms with van der Waals surface area (Å²) in [5.74, 6) is 0.996. The molecule has 2 aliphatic heterocycles. The van der Waals surface area contributed by atoms with Crippen molar-refractivity contribution >= 4 is 45.9 Å². The lowest BCUT2D eigenvalue weighted by atomic mass is 9.93. The Balaban J connectivity index is 1.65. The largest absolute Gasteiger partial charge is 0.493 e. The van der Waals surface area contributed by atoms with Crippen LogP contribution in [0, 0.1) is 0 Å². The summed E-state index contributed by atoms with van der Waals surface area (Å²) in [6.45, 7) is 5.31. The molecular weight excluding hydrogens is 595 g/mol. The topological polar surface area (TPSA) is 85.7 Å². The van der Waals surface area contributed by atoms with E-state index in [-0.39, 0.29) is 12.6 Å². The van der Waals surface area contributed by atoms with Crippen molar-refractivity contribution in [1.29, 1.82) is 0 Å². The first-order valence-corrected chi connectivity index (χ1v) is 16.2. The number of amidine groups is 1. The van der Waals surface area contributed by atoms with Crippen LogP contribution in [0.2, 0.25) is 10.0 Å². The molecule has 3 aromatic carbocycles. The van der Waals surface area contributed by atoms with Crippen molar-refractivity contribution in [3.8, 4) is 5.75 Å². The van der Waals surface area contributed by atoms with Gasteiger partial charge in [-0.1, -0.05) is 47.5 Å². The van der Waals surface area contributed by atoms with Crippen molar-refractivity contribution in [3.05, 3.63) is 93.5 Å². The van der Waals surface area contributed by atoms with Crippen molar-refractivity contribution in [2.24, 2.45) is 4.99 Å². The highest BCUT2D eigenvalue weighted by atomic mass is 35.5. The number of halogens is 2. The molecule has 3 aromatic rings. The Morgan fingerprint density at radius 3 is 2.17 bits per heavy atom. The molecule has 2 amide bonds. The van der Waals surface area contributed by atoms with Gasteiger partial charge >= 0.3 is 6.03 Å². The van der Waals surface area contributed by atoms with Crippen molar-refractivity contribution in [3.63, 3.8) is 0 Å². The Morgan fingerprint density at radius 2 is 1.60 bits per heavy atom. The van der Waals surface area contributed by atoms with Gasteiger partial charge in [0.05, 0.1) is 24.8 Å². The number of aliphatic hydroxyl groups is 1. The van der Waals surface area contributed by atoms with Gasteiger partial charge in [0, 0.05) is 64.7 Å². The van der Waals surface area contributed by atoms with E-state index in [1.165, 1.54) is 0 Å². The average Bonchev–Trinajstić information content (AvgIpc) is 3.38. The zero-order valence-electron chi connectivity index (χ0n) is 23.6. The van der Waals surface area contributed by atoms with E-state index >= 15 is 0 Å². The SMILES string of the molecule is CCOc1cc(S(C)=O)ccc1C1=NC(c2ccc(Cl)cc2)C(c2ccc(Cl)cc2)N1C(=O)N1CCN(CCO)CC1. The highest BCUT2D eigenvalue weighted by Gasteiger charge is 2.45. The molecule has 2 heterocycles. The second-order valence-electron chi connectivity index (χ2n) is 10.2. The number of rotatable bonds is 8. The Kier molecular flexibility index (Phi) is 9.85. The Labute approximate surface area is 259 Å². The van der Waals surface area contributed by atoms with Gasteiger partial charge in [-0.05, 0) is 60.5 Å². The Hall–Kier alpha value is -2.95. The molecule has 1 saturated heterocycles. The molecule has 0 spiro atoms. The van der Waals surface area contributed by atoms with Crippen LogP contribution in [0.1, 0.15) is 35.7 Å². The normalized spacial score (nSPS) is 20.0. The van der Waals surface area contributed by atoms with Gasteiger partial charge in [0.25, 0.3) is 0 Å². The number of carbonyl (C=O) groups is 1. The lowest BCUT2D eigenvalue weighted by molar-refractivity contribution is 0.108. The summed E-state index contributed by atoms with van der Waals surface area (Å²) in [7, 11) is -1.21. The molecule has 11 heteroatoms. The number of β-amino-alcohol motifs (C(OH)–C–C–N with tert-alkyl or cyclic N) is 1. The maximum Gasteiger partial charge on any atom is 0.326 e. The van der Waals surface area contributed by atoms with E-state index in [2.05, 4.69) is 4.90 Å². The van der Waals surface area contributed by atoms with Crippen molar-refractivity contribution in [2.75, 3.05) is 52.2 Å². The number of aliphatic imine (C=N–C) groups is 1. The van der Waals surface area contributed by atoms with Crippen molar-refractivity contribution < 1.29 is 18.8 Å². The summed E-state index contributed by atoms with van der Waals surface area (Å²) in [4.78, 5) is 26.1. The summed E-state index contributed by atoms with van der Waals surface area (Å²) in [5, 5.41) is 10.6. The highest BCUT2D eigenvalue weighted by Crippen LogP contribution is 2.45. The fraction of sp³-hybridized carbons (Fsp3) is 0.355. The summed E-state index contributed by atoms with van der Waals surface area (Å²) in [5.41, 5.74) is 2.44. The molecular formula is C31H34Cl2N4O4S. The number of benzene rings is 3. The quantitative estimate of drug-likeness (QED) is 0.361. The molecule has 5 rings (SSSR count). The van der Waals surface area contributed by atoms with Crippen LogP contribution >= 0.6 is 23.2 Å². The average molecular weight is 630 g/mol. The number of carbonyl (C=O) groups excluding carboxylic acids is 1. The van der Waals surface area contributed by atoms with Gasteiger partial charge in [-0.25, -0.2) is 4.79 Å². The first-order valence-electron chi connectivity index (χ1n) is 13.9. The number of hydrogen-bond acceptors (Lipinski definition) is 6. The maximum absolute atomic E-state index is 14.5.